The van der Waals surface area contributed by atoms with E-state index in [4.69, 9.17) is 14.7 Å². The van der Waals surface area contributed by atoms with E-state index in [1.165, 1.54) is 0 Å². The van der Waals surface area contributed by atoms with Crippen LogP contribution in [0.25, 0.3) is 11.4 Å². The molecule has 1 aliphatic heterocycles. The van der Waals surface area contributed by atoms with Crippen molar-refractivity contribution >= 4 is 27.4 Å². The number of carbonyl (C=O) groups excluding carboxylic acids is 1. The molecule has 1 atom stereocenters. The quantitative estimate of drug-likeness (QED) is 0.525. The second-order valence-electron chi connectivity index (χ2n) is 11.3. The molecule has 3 aliphatic rings. The average molecular weight is 542 g/mol. The van der Waals surface area contributed by atoms with Crippen molar-refractivity contribution in [2.45, 2.75) is 87.8 Å². The van der Waals surface area contributed by atoms with Gasteiger partial charge in [-0.05, 0) is 77.1 Å². The van der Waals surface area contributed by atoms with Gasteiger partial charge in [-0.15, -0.1) is 0 Å². The number of aromatic nitrogens is 2. The molecule has 5 rings (SSSR count). The molecular formula is C28H39N5O4S. The van der Waals surface area contributed by atoms with Crippen molar-refractivity contribution in [3.8, 4) is 11.4 Å². The van der Waals surface area contributed by atoms with Gasteiger partial charge in [0.1, 0.15) is 10.6 Å². The Morgan fingerprint density at radius 2 is 1.76 bits per heavy atom. The largest absolute Gasteiger partial charge is 0.377 e. The van der Waals surface area contributed by atoms with Gasteiger partial charge in [0.05, 0.1) is 30.2 Å². The Hall–Kier alpha value is -2.72. The first kappa shape index (κ1) is 26.9. The Bertz CT molecular complexity index is 1250. The number of carbonyl (C=O) groups is 1. The zero-order valence-electron chi connectivity index (χ0n) is 22.6. The number of amides is 2. The first-order chi connectivity index (χ1) is 18.1. The molecule has 2 heterocycles. The Morgan fingerprint density at radius 3 is 2.39 bits per heavy atom. The van der Waals surface area contributed by atoms with Crippen LogP contribution in [-0.4, -0.2) is 61.5 Å². The molecule has 9 nitrogen and oxygen atoms in total. The predicted molar refractivity (Wildman–Crippen MR) is 149 cm³/mol. The first-order valence-electron chi connectivity index (χ1n) is 13.8. The molecule has 206 valence electrons. The lowest BCUT2D eigenvalue weighted by Gasteiger charge is -2.35. The fourth-order valence-electron chi connectivity index (χ4n) is 5.46. The second kappa shape index (κ2) is 10.8. The van der Waals surface area contributed by atoms with Crippen LogP contribution in [0.1, 0.15) is 71.4 Å². The van der Waals surface area contributed by atoms with Crippen LogP contribution in [0.2, 0.25) is 0 Å². The van der Waals surface area contributed by atoms with Crippen molar-refractivity contribution in [3.63, 3.8) is 0 Å². The molecule has 2 amide bonds. The Morgan fingerprint density at radius 1 is 1.05 bits per heavy atom. The number of nitrogens with zero attached hydrogens (tertiary/aromatic N) is 3. The summed E-state index contributed by atoms with van der Waals surface area (Å²) in [6.45, 7) is 7.47. The van der Waals surface area contributed by atoms with E-state index in [2.05, 4.69) is 22.5 Å². The third kappa shape index (κ3) is 5.38. The number of morpholine rings is 1. The van der Waals surface area contributed by atoms with Gasteiger partial charge in [0.25, 0.3) is 0 Å². The van der Waals surface area contributed by atoms with E-state index >= 15 is 0 Å². The summed E-state index contributed by atoms with van der Waals surface area (Å²) in [7, 11) is -3.47. The zero-order valence-corrected chi connectivity index (χ0v) is 23.4. The van der Waals surface area contributed by atoms with Crippen LogP contribution in [0, 0.1) is 0 Å². The molecule has 1 saturated heterocycles. The summed E-state index contributed by atoms with van der Waals surface area (Å²) in [6.07, 6.45) is 6.52. The first-order valence-corrected chi connectivity index (χ1v) is 15.3. The van der Waals surface area contributed by atoms with Crippen LogP contribution in [0.4, 0.5) is 16.3 Å². The molecule has 3 fully saturated rings. The molecule has 0 unspecified atom stereocenters. The van der Waals surface area contributed by atoms with Crippen LogP contribution < -0.4 is 15.5 Å². The van der Waals surface area contributed by atoms with Gasteiger partial charge in [0, 0.05) is 29.9 Å². The molecule has 2 aromatic rings. The van der Waals surface area contributed by atoms with E-state index in [1.807, 2.05) is 30.3 Å². The maximum absolute atomic E-state index is 13.8. The highest BCUT2D eigenvalue weighted by Crippen LogP contribution is 2.39. The van der Waals surface area contributed by atoms with Gasteiger partial charge < -0.3 is 20.3 Å². The summed E-state index contributed by atoms with van der Waals surface area (Å²) in [6, 6.07) is 9.38. The van der Waals surface area contributed by atoms with Crippen molar-refractivity contribution in [1.29, 1.82) is 0 Å². The van der Waals surface area contributed by atoms with E-state index in [-0.39, 0.29) is 23.4 Å². The van der Waals surface area contributed by atoms with E-state index in [0.717, 1.165) is 37.7 Å². The van der Waals surface area contributed by atoms with Crippen LogP contribution in [0.15, 0.2) is 30.3 Å². The molecule has 10 heteroatoms. The fourth-order valence-corrected chi connectivity index (χ4v) is 7.64. The Labute approximate surface area is 225 Å². The lowest BCUT2D eigenvalue weighted by molar-refractivity contribution is 0.0985. The predicted octanol–water partition coefficient (Wildman–Crippen LogP) is 4.64. The second-order valence-corrected chi connectivity index (χ2v) is 14.1. The van der Waals surface area contributed by atoms with Gasteiger partial charge in [-0.2, -0.15) is 0 Å². The van der Waals surface area contributed by atoms with Crippen molar-refractivity contribution in [1.82, 2.24) is 15.3 Å². The van der Waals surface area contributed by atoms with E-state index < -0.39 is 14.6 Å². The molecule has 38 heavy (non-hydrogen) atoms. The molecule has 0 radical (unpaired) electrons. The third-order valence-electron chi connectivity index (χ3n) is 8.29. The number of benzene rings is 1. The van der Waals surface area contributed by atoms with Crippen molar-refractivity contribution in [2.24, 2.45) is 0 Å². The highest BCUT2D eigenvalue weighted by atomic mass is 32.2. The molecule has 1 aromatic carbocycles. The molecule has 2 N–H and O–H groups in total. The molecule has 0 spiro atoms. The molecule has 2 saturated carbocycles. The summed E-state index contributed by atoms with van der Waals surface area (Å²) >= 11 is 0. The van der Waals surface area contributed by atoms with Crippen LogP contribution in [0.5, 0.6) is 0 Å². The molecule has 0 bridgehead atoms. The summed E-state index contributed by atoms with van der Waals surface area (Å²) in [5.74, 6) is 1.17. The normalized spacial score (nSPS) is 21.2. The van der Waals surface area contributed by atoms with Gasteiger partial charge in [0.15, 0.2) is 15.7 Å². The van der Waals surface area contributed by atoms with Gasteiger partial charge in [-0.1, -0.05) is 12.8 Å². The summed E-state index contributed by atoms with van der Waals surface area (Å²) < 4.78 is 32.0. The van der Waals surface area contributed by atoms with Crippen LogP contribution in [-0.2, 0) is 19.3 Å². The number of sulfone groups is 1. The van der Waals surface area contributed by atoms with E-state index in [9.17, 15) is 13.2 Å². The highest BCUT2D eigenvalue weighted by Gasteiger charge is 2.44. The summed E-state index contributed by atoms with van der Waals surface area (Å²) in [5.41, 5.74) is 1.94. The number of rotatable bonds is 7. The fraction of sp³-hybridized carbons (Fsp3) is 0.607. The number of hydrogen-bond acceptors (Lipinski definition) is 7. The average Bonchev–Trinajstić information content (AvgIpc) is 3.43. The Kier molecular flexibility index (Phi) is 7.64. The molecule has 2 aliphatic carbocycles. The van der Waals surface area contributed by atoms with Crippen LogP contribution in [0.3, 0.4) is 0 Å². The topological polar surface area (TPSA) is 114 Å². The standard InChI is InChI=1S/C28H39N5O4S/c1-19-18-37-16-15-33(19)25-17-24(28(2,3)38(35,36)23-9-4-5-10-23)31-26(32-25)20-11-13-22(14-12-20)30-27(34)29-21-7-6-8-21/h11-14,17,19,21,23H,4-10,15-16,18H2,1-3H3,(H2,29,30,34)/t19-/m0/s1. The van der Waals surface area contributed by atoms with Gasteiger partial charge in [0.2, 0.25) is 0 Å². The van der Waals surface area contributed by atoms with Crippen molar-refractivity contribution < 1.29 is 17.9 Å². The minimum Gasteiger partial charge on any atom is -0.377 e. The number of anilines is 2. The SMILES string of the molecule is C[C@H]1COCCN1c1cc(C(C)(C)S(=O)(=O)C2CCCC2)nc(-c2ccc(NC(=O)NC3CCC3)cc2)n1. The maximum atomic E-state index is 13.8. The molecule has 1 aromatic heterocycles. The Balaban J connectivity index is 1.47. The third-order valence-corrected chi connectivity index (χ3v) is 11.3. The van der Waals surface area contributed by atoms with Gasteiger partial charge in [-0.25, -0.2) is 23.2 Å². The number of urea groups is 1. The van der Waals surface area contributed by atoms with Crippen LogP contribution >= 0.6 is 0 Å². The zero-order chi connectivity index (χ0) is 26.9. The number of ether oxygens (including phenoxy) is 1. The number of nitrogens with one attached hydrogen (secondary N) is 2. The lowest BCUT2D eigenvalue weighted by atomic mass is 9.93. The highest BCUT2D eigenvalue weighted by molar-refractivity contribution is 7.92. The monoisotopic (exact) mass is 541 g/mol. The number of hydrogen-bond donors (Lipinski definition) is 2. The van der Waals surface area contributed by atoms with Crippen molar-refractivity contribution in [2.75, 3.05) is 30.0 Å². The lowest BCUT2D eigenvalue weighted by Crippen LogP contribution is -2.44. The molecular weight excluding hydrogens is 502 g/mol. The van der Waals surface area contributed by atoms with Gasteiger partial charge >= 0.3 is 6.03 Å². The van der Waals surface area contributed by atoms with E-state index in [1.54, 1.807) is 13.8 Å². The maximum Gasteiger partial charge on any atom is 0.319 e. The minimum absolute atomic E-state index is 0.106. The summed E-state index contributed by atoms with van der Waals surface area (Å²) in [5, 5.41) is 5.52. The van der Waals surface area contributed by atoms with Crippen molar-refractivity contribution in [3.05, 3.63) is 36.0 Å². The summed E-state index contributed by atoms with van der Waals surface area (Å²) in [4.78, 5) is 24.1. The minimum atomic E-state index is -3.47. The van der Waals surface area contributed by atoms with Gasteiger partial charge in [-0.3, -0.25) is 0 Å². The smallest absolute Gasteiger partial charge is 0.319 e. The van der Waals surface area contributed by atoms with E-state index in [0.29, 0.717) is 55.6 Å².